The van der Waals surface area contributed by atoms with Gasteiger partial charge in [-0.2, -0.15) is 0 Å². The number of alkyl halides is 2. The largest absolute Gasteiger partial charge is 0.326 e. The minimum atomic E-state index is -2.65. The van der Waals surface area contributed by atoms with Gasteiger partial charge in [-0.1, -0.05) is 0 Å². The summed E-state index contributed by atoms with van der Waals surface area (Å²) in [5, 5.41) is 2.50. The molecule has 0 radical (unpaired) electrons. The van der Waals surface area contributed by atoms with Crippen molar-refractivity contribution in [3.05, 3.63) is 29.3 Å². The Hall–Kier alpha value is -1.34. The molecule has 1 amide bonds. The first-order valence-electron chi connectivity index (χ1n) is 6.89. The summed E-state index contributed by atoms with van der Waals surface area (Å²) in [7, 11) is -1.33. The SMILES string of the molecule is CC(=O)Nc1cc(C(F)F)cc(C(C)NS(=O)C(C)(C)C)c1. The fourth-order valence-corrected chi connectivity index (χ4v) is 2.54. The smallest absolute Gasteiger partial charge is 0.263 e. The van der Waals surface area contributed by atoms with E-state index in [1.165, 1.54) is 19.1 Å². The Bertz CT molecular complexity index is 571. The normalized spacial score (nSPS) is 14.7. The van der Waals surface area contributed by atoms with E-state index in [2.05, 4.69) is 10.0 Å². The van der Waals surface area contributed by atoms with Crippen LogP contribution >= 0.6 is 0 Å². The Balaban J connectivity index is 3.08. The molecule has 1 rings (SSSR count). The van der Waals surface area contributed by atoms with Crippen LogP contribution in [0.4, 0.5) is 14.5 Å². The van der Waals surface area contributed by atoms with Crippen molar-refractivity contribution in [1.82, 2.24) is 4.72 Å². The highest BCUT2D eigenvalue weighted by Gasteiger charge is 2.22. The van der Waals surface area contributed by atoms with Gasteiger partial charge in [-0.25, -0.2) is 17.7 Å². The molecule has 124 valence electrons. The van der Waals surface area contributed by atoms with Crippen LogP contribution in [0.1, 0.15) is 58.2 Å². The molecule has 0 saturated heterocycles. The Morgan fingerprint density at radius 1 is 1.18 bits per heavy atom. The van der Waals surface area contributed by atoms with Gasteiger partial charge in [0, 0.05) is 24.2 Å². The van der Waals surface area contributed by atoms with E-state index in [9.17, 15) is 17.8 Å². The van der Waals surface area contributed by atoms with Crippen LogP contribution in [-0.4, -0.2) is 14.9 Å². The molecule has 0 aliphatic rings. The average Bonchev–Trinajstić information content (AvgIpc) is 2.36. The van der Waals surface area contributed by atoms with Crippen molar-refractivity contribution in [2.75, 3.05) is 5.32 Å². The van der Waals surface area contributed by atoms with Gasteiger partial charge in [-0.15, -0.1) is 0 Å². The van der Waals surface area contributed by atoms with Gasteiger partial charge in [-0.05, 0) is 51.5 Å². The molecular formula is C15H22F2N2O2S. The summed E-state index contributed by atoms with van der Waals surface area (Å²) in [6.07, 6.45) is -2.65. The van der Waals surface area contributed by atoms with Crippen molar-refractivity contribution >= 4 is 22.6 Å². The summed E-state index contributed by atoms with van der Waals surface area (Å²) in [6.45, 7) is 8.51. The van der Waals surface area contributed by atoms with E-state index in [1.807, 2.05) is 20.8 Å². The summed E-state index contributed by atoms with van der Waals surface area (Å²) in [5.41, 5.74) is 0.658. The van der Waals surface area contributed by atoms with Gasteiger partial charge in [0.15, 0.2) is 0 Å². The Labute approximate surface area is 132 Å². The highest BCUT2D eigenvalue weighted by Crippen LogP contribution is 2.27. The Morgan fingerprint density at radius 2 is 1.73 bits per heavy atom. The fourth-order valence-electron chi connectivity index (χ4n) is 1.73. The molecule has 2 N–H and O–H groups in total. The zero-order valence-electron chi connectivity index (χ0n) is 13.4. The highest BCUT2D eigenvalue weighted by molar-refractivity contribution is 7.84. The third-order valence-electron chi connectivity index (χ3n) is 2.89. The van der Waals surface area contributed by atoms with Crippen molar-refractivity contribution in [2.24, 2.45) is 0 Å². The zero-order chi connectivity index (χ0) is 17.1. The second-order valence-electron chi connectivity index (χ2n) is 6.09. The van der Waals surface area contributed by atoms with Crippen molar-refractivity contribution in [3.63, 3.8) is 0 Å². The Kier molecular flexibility index (Phi) is 6.19. The number of anilines is 1. The summed E-state index contributed by atoms with van der Waals surface area (Å²) in [4.78, 5) is 11.1. The van der Waals surface area contributed by atoms with E-state index < -0.39 is 28.2 Å². The maximum absolute atomic E-state index is 13.0. The number of hydrogen-bond acceptors (Lipinski definition) is 2. The Morgan fingerprint density at radius 3 is 2.18 bits per heavy atom. The maximum atomic E-state index is 13.0. The lowest BCUT2D eigenvalue weighted by Gasteiger charge is -2.23. The van der Waals surface area contributed by atoms with E-state index in [0.29, 0.717) is 11.3 Å². The van der Waals surface area contributed by atoms with Crippen LogP contribution in [0.3, 0.4) is 0 Å². The van der Waals surface area contributed by atoms with E-state index in [0.717, 1.165) is 0 Å². The predicted octanol–water partition coefficient (Wildman–Crippen LogP) is 3.70. The summed E-state index contributed by atoms with van der Waals surface area (Å²) >= 11 is 0. The first-order chi connectivity index (χ1) is 10.0. The molecule has 4 nitrogen and oxygen atoms in total. The quantitative estimate of drug-likeness (QED) is 0.864. The van der Waals surface area contributed by atoms with E-state index in [-0.39, 0.29) is 11.5 Å². The predicted molar refractivity (Wildman–Crippen MR) is 85.1 cm³/mol. The standard InChI is InChI=1S/C15H22F2N2O2S/c1-9(19-22(21)15(3,4)5)11-6-12(14(16)17)8-13(7-11)18-10(2)20/h6-9,14,19H,1-5H3,(H,18,20). The molecule has 7 heteroatoms. The van der Waals surface area contributed by atoms with Crippen LogP contribution < -0.4 is 10.0 Å². The van der Waals surface area contributed by atoms with Crippen LogP contribution in [-0.2, 0) is 15.8 Å². The number of rotatable bonds is 5. The van der Waals surface area contributed by atoms with Crippen LogP contribution in [0.15, 0.2) is 18.2 Å². The minimum absolute atomic E-state index is 0.184. The molecule has 0 fully saturated rings. The number of halogens is 2. The van der Waals surface area contributed by atoms with Gasteiger partial charge in [0.1, 0.15) is 0 Å². The van der Waals surface area contributed by atoms with Gasteiger partial charge >= 0.3 is 0 Å². The van der Waals surface area contributed by atoms with Crippen LogP contribution in [0.5, 0.6) is 0 Å². The molecule has 0 aromatic heterocycles. The number of hydrogen-bond donors (Lipinski definition) is 2. The first kappa shape index (κ1) is 18.7. The van der Waals surface area contributed by atoms with E-state index in [1.54, 1.807) is 13.0 Å². The molecule has 0 spiro atoms. The molecule has 2 atom stereocenters. The van der Waals surface area contributed by atoms with Crippen LogP contribution in [0, 0.1) is 0 Å². The number of nitrogens with one attached hydrogen (secondary N) is 2. The summed E-state index contributed by atoms with van der Waals surface area (Å²) < 4.78 is 40.5. The van der Waals surface area contributed by atoms with Crippen LogP contribution in [0.25, 0.3) is 0 Å². The zero-order valence-corrected chi connectivity index (χ0v) is 14.2. The molecule has 0 bridgehead atoms. The maximum Gasteiger partial charge on any atom is 0.263 e. The molecular weight excluding hydrogens is 310 g/mol. The van der Waals surface area contributed by atoms with Gasteiger partial charge < -0.3 is 5.32 Å². The molecule has 0 heterocycles. The molecule has 0 aliphatic heterocycles. The molecule has 1 aromatic carbocycles. The monoisotopic (exact) mass is 332 g/mol. The van der Waals surface area contributed by atoms with Gasteiger partial charge in [0.25, 0.3) is 6.43 Å². The topological polar surface area (TPSA) is 58.2 Å². The lowest BCUT2D eigenvalue weighted by molar-refractivity contribution is -0.114. The molecule has 2 unspecified atom stereocenters. The lowest BCUT2D eigenvalue weighted by atomic mass is 10.0. The second-order valence-corrected chi connectivity index (χ2v) is 8.09. The third-order valence-corrected chi connectivity index (χ3v) is 4.57. The van der Waals surface area contributed by atoms with Crippen molar-refractivity contribution in [2.45, 2.75) is 51.8 Å². The fraction of sp³-hybridized carbons (Fsp3) is 0.533. The first-order valence-corrected chi connectivity index (χ1v) is 8.04. The lowest BCUT2D eigenvalue weighted by Crippen LogP contribution is -2.34. The number of carbonyl (C=O) groups is 1. The third kappa shape index (κ3) is 5.46. The highest BCUT2D eigenvalue weighted by atomic mass is 32.2. The minimum Gasteiger partial charge on any atom is -0.326 e. The van der Waals surface area contributed by atoms with Crippen LogP contribution in [0.2, 0.25) is 0 Å². The number of carbonyl (C=O) groups excluding carboxylic acids is 1. The summed E-state index contributed by atoms with van der Waals surface area (Å²) in [6, 6.07) is 3.80. The van der Waals surface area contributed by atoms with Crippen molar-refractivity contribution in [1.29, 1.82) is 0 Å². The van der Waals surface area contributed by atoms with Gasteiger partial charge in [0.2, 0.25) is 5.91 Å². The van der Waals surface area contributed by atoms with Gasteiger partial charge in [-0.3, -0.25) is 4.79 Å². The molecule has 22 heavy (non-hydrogen) atoms. The average molecular weight is 332 g/mol. The molecule has 0 saturated carbocycles. The van der Waals surface area contributed by atoms with Crippen molar-refractivity contribution in [3.8, 4) is 0 Å². The molecule has 1 aromatic rings. The van der Waals surface area contributed by atoms with E-state index >= 15 is 0 Å². The van der Waals surface area contributed by atoms with Gasteiger partial charge in [0.05, 0.1) is 15.7 Å². The molecule has 0 aliphatic carbocycles. The second kappa shape index (κ2) is 7.28. The summed E-state index contributed by atoms with van der Waals surface area (Å²) in [5.74, 6) is -0.337. The number of amides is 1. The van der Waals surface area contributed by atoms with E-state index in [4.69, 9.17) is 0 Å². The van der Waals surface area contributed by atoms with Crippen molar-refractivity contribution < 1.29 is 17.8 Å². The number of benzene rings is 1.